The van der Waals surface area contributed by atoms with Crippen molar-refractivity contribution in [3.05, 3.63) is 87.0 Å². The van der Waals surface area contributed by atoms with E-state index in [0.717, 1.165) is 22.4 Å². The largest absolute Gasteiger partial charge is 0.490 e. The molecule has 220 valence electrons. The van der Waals surface area contributed by atoms with Crippen LogP contribution in [0.2, 0.25) is 0 Å². The molecule has 0 saturated carbocycles. The van der Waals surface area contributed by atoms with Crippen molar-refractivity contribution in [3.8, 4) is 17.2 Å². The number of hydrazone groups is 1. The van der Waals surface area contributed by atoms with E-state index in [0.29, 0.717) is 45.3 Å². The molecule has 0 spiro atoms. The highest BCUT2D eigenvalue weighted by atomic mass is 127. The van der Waals surface area contributed by atoms with Gasteiger partial charge in [0, 0.05) is 11.4 Å². The summed E-state index contributed by atoms with van der Waals surface area (Å²) in [5.74, 6) is -0.697. The lowest BCUT2D eigenvalue weighted by atomic mass is 10.1. The lowest BCUT2D eigenvalue weighted by molar-refractivity contribution is -0.136. The van der Waals surface area contributed by atoms with Gasteiger partial charge in [0.05, 0.1) is 16.4 Å². The van der Waals surface area contributed by atoms with Crippen LogP contribution in [0.5, 0.6) is 17.2 Å². The molecule has 3 aromatic carbocycles. The number of ether oxygens (including phenoxy) is 3. The molecule has 0 fully saturated rings. The van der Waals surface area contributed by atoms with Gasteiger partial charge in [0.25, 0.3) is 5.91 Å². The Bertz CT molecular complexity index is 1460. The summed E-state index contributed by atoms with van der Waals surface area (Å²) in [5.41, 5.74) is 7.06. The molecule has 0 heterocycles. The van der Waals surface area contributed by atoms with E-state index in [1.165, 1.54) is 6.21 Å². The summed E-state index contributed by atoms with van der Waals surface area (Å²) in [6, 6.07) is 14.0. The smallest absolute Gasteiger partial charge is 0.329 e. The standard InChI is InChI=1S/C31H33IN4O6/c1-6-12-41-24-10-8-23(9-11-24)34-30(38)31(39)36-33-17-22-15-25(32)29(26(16-22)40-7-2)42-18-27(37)35-28-20(4)13-19(3)14-21(28)5/h6,8-11,13-17H,1,7,12,18H2,2-5H3,(H,34,38)(H,35,37)(H,36,39)/b33-17-. The van der Waals surface area contributed by atoms with Crippen LogP contribution >= 0.6 is 22.6 Å². The van der Waals surface area contributed by atoms with E-state index in [9.17, 15) is 14.4 Å². The quantitative estimate of drug-likeness (QED) is 0.0783. The molecule has 0 bridgehead atoms. The Morgan fingerprint density at radius 3 is 2.26 bits per heavy atom. The summed E-state index contributed by atoms with van der Waals surface area (Å²) in [5, 5.41) is 9.30. The van der Waals surface area contributed by atoms with E-state index in [4.69, 9.17) is 14.2 Å². The van der Waals surface area contributed by atoms with Crippen molar-refractivity contribution < 1.29 is 28.6 Å². The van der Waals surface area contributed by atoms with Crippen molar-refractivity contribution >= 4 is 57.9 Å². The van der Waals surface area contributed by atoms with Crippen molar-refractivity contribution in [2.75, 3.05) is 30.5 Å². The van der Waals surface area contributed by atoms with Crippen LogP contribution in [0.15, 0.2) is 66.3 Å². The summed E-state index contributed by atoms with van der Waals surface area (Å²) < 4.78 is 17.6. The fourth-order valence-corrected chi connectivity index (χ4v) is 4.73. The van der Waals surface area contributed by atoms with Crippen LogP contribution in [0.3, 0.4) is 0 Å². The van der Waals surface area contributed by atoms with E-state index in [-0.39, 0.29) is 12.5 Å². The average molecular weight is 685 g/mol. The molecule has 3 N–H and O–H groups in total. The van der Waals surface area contributed by atoms with Crippen LogP contribution in [-0.4, -0.2) is 43.8 Å². The number of halogens is 1. The Morgan fingerprint density at radius 2 is 1.62 bits per heavy atom. The first kappa shape index (κ1) is 32.1. The number of aryl methyl sites for hydroxylation is 3. The molecular weight excluding hydrogens is 651 g/mol. The molecule has 3 aromatic rings. The van der Waals surface area contributed by atoms with Crippen LogP contribution in [0.4, 0.5) is 11.4 Å². The lowest BCUT2D eigenvalue weighted by Crippen LogP contribution is -2.32. The molecule has 10 nitrogen and oxygen atoms in total. The molecule has 11 heteroatoms. The van der Waals surface area contributed by atoms with E-state index >= 15 is 0 Å². The highest BCUT2D eigenvalue weighted by Crippen LogP contribution is 2.34. The van der Waals surface area contributed by atoms with Gasteiger partial charge in [0.1, 0.15) is 12.4 Å². The maximum Gasteiger partial charge on any atom is 0.329 e. The van der Waals surface area contributed by atoms with Gasteiger partial charge in [-0.1, -0.05) is 30.4 Å². The lowest BCUT2D eigenvalue weighted by Gasteiger charge is -2.16. The van der Waals surface area contributed by atoms with Gasteiger partial charge in [0.15, 0.2) is 18.1 Å². The van der Waals surface area contributed by atoms with E-state index < -0.39 is 11.8 Å². The number of benzene rings is 3. The van der Waals surface area contributed by atoms with E-state index in [1.807, 2.05) is 39.8 Å². The number of nitrogens with zero attached hydrogens (tertiary/aromatic N) is 1. The minimum Gasteiger partial charge on any atom is -0.490 e. The fraction of sp³-hybridized carbons (Fsp3) is 0.226. The van der Waals surface area contributed by atoms with Gasteiger partial charge >= 0.3 is 11.8 Å². The zero-order chi connectivity index (χ0) is 30.6. The third kappa shape index (κ3) is 9.33. The number of nitrogens with one attached hydrogen (secondary N) is 3. The Labute approximate surface area is 258 Å². The highest BCUT2D eigenvalue weighted by molar-refractivity contribution is 14.1. The van der Waals surface area contributed by atoms with Crippen LogP contribution in [0.1, 0.15) is 29.2 Å². The number of hydrogen-bond acceptors (Lipinski definition) is 7. The highest BCUT2D eigenvalue weighted by Gasteiger charge is 2.16. The minimum absolute atomic E-state index is 0.216. The van der Waals surface area contributed by atoms with Crippen LogP contribution in [-0.2, 0) is 14.4 Å². The molecule has 0 aromatic heterocycles. The number of rotatable bonds is 12. The van der Waals surface area contributed by atoms with Crippen molar-refractivity contribution in [3.63, 3.8) is 0 Å². The van der Waals surface area contributed by atoms with Gasteiger partial charge in [0.2, 0.25) is 0 Å². The summed E-state index contributed by atoms with van der Waals surface area (Å²) in [7, 11) is 0. The Morgan fingerprint density at radius 1 is 0.929 bits per heavy atom. The number of carbonyl (C=O) groups is 3. The maximum atomic E-state index is 12.7. The Balaban J connectivity index is 1.60. The summed E-state index contributed by atoms with van der Waals surface area (Å²) in [4.78, 5) is 37.1. The molecule has 0 aliphatic heterocycles. The van der Waals surface area contributed by atoms with Crippen molar-refractivity contribution in [1.29, 1.82) is 0 Å². The Hall–Kier alpha value is -4.39. The predicted molar refractivity (Wildman–Crippen MR) is 172 cm³/mol. The molecule has 42 heavy (non-hydrogen) atoms. The van der Waals surface area contributed by atoms with Crippen LogP contribution in [0.25, 0.3) is 0 Å². The molecule has 3 rings (SSSR count). The first-order chi connectivity index (χ1) is 20.1. The van der Waals surface area contributed by atoms with Crippen LogP contribution < -0.4 is 30.3 Å². The molecule has 0 atom stereocenters. The van der Waals surface area contributed by atoms with Crippen LogP contribution in [0, 0.1) is 24.3 Å². The second kappa shape index (κ2) is 15.6. The topological polar surface area (TPSA) is 127 Å². The second-order valence-corrected chi connectivity index (χ2v) is 10.3. The Kier molecular flexibility index (Phi) is 11.9. The number of amides is 3. The summed E-state index contributed by atoms with van der Waals surface area (Å²) >= 11 is 2.07. The SMILES string of the molecule is C=CCOc1ccc(NC(=O)C(=O)N/N=C\c2cc(I)c(OCC(=O)Nc3c(C)cc(C)cc3C)c(OCC)c2)cc1. The zero-order valence-electron chi connectivity index (χ0n) is 23.9. The third-order valence-corrected chi connectivity index (χ3v) is 6.49. The summed E-state index contributed by atoms with van der Waals surface area (Å²) in [6.45, 7) is 11.8. The number of carbonyl (C=O) groups excluding carboxylic acids is 3. The number of hydrogen-bond donors (Lipinski definition) is 3. The normalized spacial score (nSPS) is 10.6. The molecule has 0 saturated heterocycles. The van der Waals surface area contributed by atoms with Gasteiger partial charge in [-0.25, -0.2) is 5.43 Å². The molecule has 0 radical (unpaired) electrons. The van der Waals surface area contributed by atoms with Gasteiger partial charge < -0.3 is 24.8 Å². The van der Waals surface area contributed by atoms with Gasteiger partial charge in [-0.05, 0) is 103 Å². The molecule has 0 unspecified atom stereocenters. The minimum atomic E-state index is -0.942. The molecular formula is C31H33IN4O6. The monoisotopic (exact) mass is 684 g/mol. The van der Waals surface area contributed by atoms with Gasteiger partial charge in [-0.15, -0.1) is 0 Å². The first-order valence-electron chi connectivity index (χ1n) is 13.1. The van der Waals surface area contributed by atoms with Crippen molar-refractivity contribution in [1.82, 2.24) is 5.43 Å². The predicted octanol–water partition coefficient (Wildman–Crippen LogP) is 5.29. The first-order valence-corrected chi connectivity index (χ1v) is 14.1. The fourth-order valence-electron chi connectivity index (χ4n) is 3.95. The van der Waals surface area contributed by atoms with E-state index in [1.54, 1.807) is 42.5 Å². The molecule has 0 aliphatic rings. The van der Waals surface area contributed by atoms with Gasteiger partial charge in [-0.2, -0.15) is 5.10 Å². The zero-order valence-corrected chi connectivity index (χ0v) is 26.0. The molecule has 3 amide bonds. The second-order valence-electron chi connectivity index (χ2n) is 9.15. The average Bonchev–Trinajstić information content (AvgIpc) is 2.94. The molecule has 0 aliphatic carbocycles. The van der Waals surface area contributed by atoms with Crippen molar-refractivity contribution in [2.45, 2.75) is 27.7 Å². The third-order valence-electron chi connectivity index (χ3n) is 5.69. The van der Waals surface area contributed by atoms with E-state index in [2.05, 4.69) is 50.3 Å². The van der Waals surface area contributed by atoms with Gasteiger partial charge in [-0.3, -0.25) is 14.4 Å². The number of anilines is 2. The van der Waals surface area contributed by atoms with Crippen molar-refractivity contribution in [2.24, 2.45) is 5.10 Å². The maximum absolute atomic E-state index is 12.7. The summed E-state index contributed by atoms with van der Waals surface area (Å²) in [6.07, 6.45) is 3.00.